The molecule has 1 unspecified atom stereocenters. The average molecular weight is 532 g/mol. The van der Waals surface area contributed by atoms with Crippen molar-refractivity contribution in [1.82, 2.24) is 19.5 Å². The molecule has 2 amide bonds. The van der Waals surface area contributed by atoms with Gasteiger partial charge in [-0.2, -0.15) is 5.10 Å². The summed E-state index contributed by atoms with van der Waals surface area (Å²) in [6.45, 7) is 1.89. The van der Waals surface area contributed by atoms with Gasteiger partial charge in [0.05, 0.1) is 25.3 Å². The second-order valence-electron chi connectivity index (χ2n) is 7.78. The van der Waals surface area contributed by atoms with Crippen LogP contribution in [0.4, 0.5) is 20.7 Å². The summed E-state index contributed by atoms with van der Waals surface area (Å²) in [4.78, 5) is 21.0. The Morgan fingerprint density at radius 3 is 2.97 bits per heavy atom. The topological polar surface area (TPSA) is 75.0 Å². The molecule has 3 aromatic rings. The highest BCUT2D eigenvalue weighted by molar-refractivity contribution is 14.1. The van der Waals surface area contributed by atoms with Gasteiger partial charge in [-0.3, -0.25) is 0 Å². The summed E-state index contributed by atoms with van der Waals surface area (Å²) in [7, 11) is 6.14. The lowest BCUT2D eigenvalue weighted by Crippen LogP contribution is -2.55. The summed E-state index contributed by atoms with van der Waals surface area (Å²) >= 11 is 1.85. The Morgan fingerprint density at radius 1 is 1.32 bits per heavy atom. The van der Waals surface area contributed by atoms with Gasteiger partial charge >= 0.3 is 6.03 Å². The number of likely N-dealkylation sites (tertiary alicyclic amines) is 1. The summed E-state index contributed by atoms with van der Waals surface area (Å²) in [5, 5.41) is 7.17. The largest absolute Gasteiger partial charge is 0.349 e. The molecule has 11 heteroatoms. The minimum atomic E-state index is -0.304. The number of hydrogen-bond acceptors (Lipinski definition) is 5. The number of carbonyl (C=O) groups excluding carboxylic acids is 1. The minimum Gasteiger partial charge on any atom is -0.349 e. The van der Waals surface area contributed by atoms with E-state index in [4.69, 9.17) is 15.9 Å². The van der Waals surface area contributed by atoms with E-state index in [0.29, 0.717) is 29.9 Å². The summed E-state index contributed by atoms with van der Waals surface area (Å²) < 4.78 is 20.7. The fourth-order valence-corrected chi connectivity index (χ4v) is 4.48. The van der Waals surface area contributed by atoms with Crippen molar-refractivity contribution in [3.8, 4) is 0 Å². The normalized spacial score (nSPS) is 19.1. The van der Waals surface area contributed by atoms with Crippen LogP contribution >= 0.6 is 23.0 Å². The van der Waals surface area contributed by atoms with E-state index < -0.39 is 0 Å². The first-order valence-electron chi connectivity index (χ1n) is 10.0. The first kappa shape index (κ1) is 20.5. The molecule has 4 heterocycles. The van der Waals surface area contributed by atoms with E-state index in [2.05, 4.69) is 15.3 Å². The Bertz CT molecular complexity index is 1140. The van der Waals surface area contributed by atoms with Crippen molar-refractivity contribution < 1.29 is 12.3 Å². The number of carbonyl (C=O) groups is 1. The zero-order valence-corrected chi connectivity index (χ0v) is 18.7. The molecule has 2 aromatic heterocycles. The van der Waals surface area contributed by atoms with E-state index in [9.17, 15) is 9.18 Å². The summed E-state index contributed by atoms with van der Waals surface area (Å²) in [5.74, 6) is 0.429. The molecular weight excluding hydrogens is 513 g/mol. The molecule has 1 aromatic carbocycles. The predicted octanol–water partition coefficient (Wildman–Crippen LogP) is 2.59. The number of rotatable bonds is 4. The van der Waals surface area contributed by atoms with Crippen molar-refractivity contribution >= 4 is 59.5 Å². The maximum atomic E-state index is 13.9. The molecule has 1 atom stereocenters. The first-order chi connectivity index (χ1) is 15.0. The molecule has 8 nitrogen and oxygen atoms in total. The van der Waals surface area contributed by atoms with Crippen molar-refractivity contribution in [2.24, 2.45) is 0 Å². The van der Waals surface area contributed by atoms with Gasteiger partial charge in [-0.15, -0.1) is 0 Å². The number of hydrogen-bond donors (Lipinski definition) is 1. The van der Waals surface area contributed by atoms with Crippen LogP contribution in [-0.4, -0.2) is 59.1 Å². The predicted molar refractivity (Wildman–Crippen MR) is 124 cm³/mol. The van der Waals surface area contributed by atoms with E-state index >= 15 is 0 Å². The van der Waals surface area contributed by atoms with Gasteiger partial charge in [-0.1, -0.05) is 11.5 Å². The zero-order chi connectivity index (χ0) is 21.5. The molecule has 0 saturated carbocycles. The van der Waals surface area contributed by atoms with Crippen LogP contribution < -0.4 is 15.7 Å². The monoisotopic (exact) mass is 532 g/mol. The van der Waals surface area contributed by atoms with Crippen LogP contribution in [0.1, 0.15) is 24.4 Å². The number of nitrogens with one attached hydrogen (secondary N) is 1. The molecule has 0 spiro atoms. The fraction of sp³-hybridized carbons (Fsp3) is 0.350. The van der Waals surface area contributed by atoms with Crippen LogP contribution in [0, 0.1) is 5.82 Å². The quantitative estimate of drug-likeness (QED) is 0.414. The molecule has 158 valence electrons. The highest BCUT2D eigenvalue weighted by Crippen LogP contribution is 2.35. The molecule has 31 heavy (non-hydrogen) atoms. The van der Waals surface area contributed by atoms with E-state index in [1.165, 1.54) is 12.1 Å². The van der Waals surface area contributed by atoms with Crippen molar-refractivity contribution in [3.63, 3.8) is 0 Å². The second kappa shape index (κ2) is 8.27. The van der Waals surface area contributed by atoms with E-state index in [1.54, 1.807) is 27.9 Å². The number of amides is 2. The Kier molecular flexibility index (Phi) is 5.46. The van der Waals surface area contributed by atoms with Crippen LogP contribution in [0.5, 0.6) is 0 Å². The minimum absolute atomic E-state index is 0.0575. The van der Waals surface area contributed by atoms with Gasteiger partial charge in [0.1, 0.15) is 54.3 Å². The third-order valence-corrected chi connectivity index (χ3v) is 6.53. The second-order valence-corrected chi connectivity index (χ2v) is 8.29. The number of aromatic nitrogens is 3. The molecule has 2 fully saturated rings. The average Bonchev–Trinajstić information content (AvgIpc) is 3.36. The maximum Gasteiger partial charge on any atom is 0.322 e. The van der Waals surface area contributed by atoms with Crippen LogP contribution in [0.25, 0.3) is 5.65 Å². The van der Waals surface area contributed by atoms with Crippen LogP contribution in [-0.2, 0) is 3.07 Å². The van der Waals surface area contributed by atoms with E-state index in [0.717, 1.165) is 30.8 Å². The number of nitrogens with zero attached hydrogens (tertiary/aromatic N) is 5. The van der Waals surface area contributed by atoms with Crippen LogP contribution in [0.2, 0.25) is 0 Å². The van der Waals surface area contributed by atoms with Gasteiger partial charge in [0.25, 0.3) is 0 Å². The summed E-state index contributed by atoms with van der Waals surface area (Å²) in [6.07, 6.45) is 5.27. The number of benzene rings is 1. The number of anilines is 2. The molecule has 0 bridgehead atoms. The highest BCUT2D eigenvalue weighted by atomic mass is 127. The van der Waals surface area contributed by atoms with Crippen molar-refractivity contribution in [1.29, 1.82) is 0 Å². The van der Waals surface area contributed by atoms with E-state index in [-0.39, 0.29) is 24.0 Å². The van der Waals surface area contributed by atoms with Gasteiger partial charge in [0.15, 0.2) is 5.65 Å². The van der Waals surface area contributed by atoms with E-state index in [1.807, 2.05) is 29.1 Å². The lowest BCUT2D eigenvalue weighted by molar-refractivity contribution is 0.0800. The Balaban J connectivity index is 1.41. The molecule has 5 rings (SSSR count). The zero-order valence-electron chi connectivity index (χ0n) is 16.5. The third kappa shape index (κ3) is 3.84. The summed E-state index contributed by atoms with van der Waals surface area (Å²) in [6, 6.07) is 6.08. The maximum absolute atomic E-state index is 13.9. The molecule has 2 aliphatic heterocycles. The number of fused-ring (bicyclic) bond motifs is 1. The molecule has 2 saturated heterocycles. The van der Waals surface area contributed by atoms with Gasteiger partial charge in [0.2, 0.25) is 0 Å². The van der Waals surface area contributed by atoms with Gasteiger partial charge in [-0.05, 0) is 36.6 Å². The Hall–Kier alpha value is -2.41. The van der Waals surface area contributed by atoms with Crippen LogP contribution in [0.3, 0.4) is 0 Å². The Morgan fingerprint density at radius 2 is 2.16 bits per heavy atom. The van der Waals surface area contributed by atoms with Crippen molar-refractivity contribution in [2.45, 2.75) is 25.0 Å². The lowest BCUT2D eigenvalue weighted by atomic mass is 9.86. The third-order valence-electron chi connectivity index (χ3n) is 5.81. The molecular formula is C20H19BFIN6O2. The molecule has 2 aliphatic rings. The smallest absolute Gasteiger partial charge is 0.322 e. The number of urea groups is 1. The summed E-state index contributed by atoms with van der Waals surface area (Å²) in [5.41, 5.74) is 2.42. The lowest BCUT2D eigenvalue weighted by Gasteiger charge is -2.36. The van der Waals surface area contributed by atoms with Crippen molar-refractivity contribution in [3.05, 3.63) is 48.0 Å². The highest BCUT2D eigenvalue weighted by Gasteiger charge is 2.32. The first-order valence-corrected chi connectivity index (χ1v) is 10.9. The molecule has 1 N–H and O–H groups in total. The molecule has 0 aliphatic carbocycles. The van der Waals surface area contributed by atoms with Gasteiger partial charge in [0, 0.05) is 12.7 Å². The van der Waals surface area contributed by atoms with Gasteiger partial charge < -0.3 is 18.2 Å². The molecule has 2 radical (unpaired) electrons. The van der Waals surface area contributed by atoms with Crippen molar-refractivity contribution in [2.75, 3.05) is 29.9 Å². The SMILES string of the molecule is [B]c1ccc(F)cc1C1CCCN1c1ccn2ncc(NC(=O)N3CC(OI)C3)c2n1. The fourth-order valence-electron chi connectivity index (χ4n) is 4.16. The number of halogens is 2. The standard InChI is InChI=1S/C20H19BFIN6O2/c21-15-4-3-12(22)8-14(15)17-2-1-6-28(17)18-5-7-29-19(26-18)16(9-24-29)25-20(30)27-10-13(11-27)31-23/h3-5,7-9,13,17H,1-2,6,10-11H2,(H,25,30). The Labute approximate surface area is 193 Å². The van der Waals surface area contributed by atoms with Crippen LogP contribution in [0.15, 0.2) is 36.7 Å². The van der Waals surface area contributed by atoms with Gasteiger partial charge in [-0.25, -0.2) is 18.7 Å².